The largest absolute Gasteiger partial charge is 0.354 e. The lowest BCUT2D eigenvalue weighted by Crippen LogP contribution is -2.36. The number of halogens is 1. The molecule has 0 unspecified atom stereocenters. The van der Waals surface area contributed by atoms with E-state index in [0.29, 0.717) is 13.0 Å². The Morgan fingerprint density at radius 3 is 2.83 bits per heavy atom. The normalized spacial score (nSPS) is 23.9. The van der Waals surface area contributed by atoms with E-state index in [4.69, 9.17) is 17.3 Å². The summed E-state index contributed by atoms with van der Waals surface area (Å²) in [4.78, 5) is 26.6. The summed E-state index contributed by atoms with van der Waals surface area (Å²) in [5.41, 5.74) is 5.49. The number of hydrogen-bond acceptors (Lipinski definition) is 4. The number of nitrogens with one attached hydrogen (secondary N) is 1. The van der Waals surface area contributed by atoms with Crippen LogP contribution in [0.3, 0.4) is 0 Å². The van der Waals surface area contributed by atoms with E-state index < -0.39 is 11.3 Å². The molecule has 6 heteroatoms. The van der Waals surface area contributed by atoms with Gasteiger partial charge in [0, 0.05) is 12.8 Å². The number of hydrogen-bond donors (Lipinski definition) is 2. The first-order valence-corrected chi connectivity index (χ1v) is 6.64. The van der Waals surface area contributed by atoms with Crippen LogP contribution < -0.4 is 11.1 Å². The van der Waals surface area contributed by atoms with Crippen molar-refractivity contribution >= 4 is 29.0 Å². The molecule has 102 valence electrons. The summed E-state index contributed by atoms with van der Waals surface area (Å²) in [5.74, 6) is 0.265. The van der Waals surface area contributed by atoms with E-state index in [0.717, 1.165) is 19.3 Å². The molecular weight excluding hydrogens is 254 g/mol. The van der Waals surface area contributed by atoms with Gasteiger partial charge in [-0.2, -0.15) is 0 Å². The summed E-state index contributed by atoms with van der Waals surface area (Å²) < 4.78 is 0. The molecule has 0 aromatic heterocycles. The smallest absolute Gasteiger partial charge is 0.245 e. The zero-order chi connectivity index (χ0) is 13.5. The summed E-state index contributed by atoms with van der Waals surface area (Å²) in [6.07, 6.45) is 4.78. The topological polar surface area (TPSA) is 84.6 Å². The van der Waals surface area contributed by atoms with Crippen LogP contribution in [0.2, 0.25) is 0 Å². The summed E-state index contributed by atoms with van der Waals surface area (Å²) in [6.45, 7) is 2.60. The second-order valence-corrected chi connectivity index (χ2v) is 5.06. The first-order valence-electron chi connectivity index (χ1n) is 6.26. The molecule has 18 heavy (non-hydrogen) atoms. The standard InChI is InChI=1S/C12H20ClN3O2/c1-8-5-7-15-10(8)12(18)16-6-3-2-4-9(14)11(13)17/h7-10H,2-6,14H2,1H3,(H,16,18)/t8-,9+,10-/m1/s1. The number of unbranched alkanes of at least 4 members (excludes halogenated alkanes) is 1. The van der Waals surface area contributed by atoms with Crippen molar-refractivity contribution in [2.75, 3.05) is 6.54 Å². The molecule has 0 aromatic carbocycles. The number of nitrogens with zero attached hydrogens (tertiary/aromatic N) is 1. The van der Waals surface area contributed by atoms with Gasteiger partial charge in [0.25, 0.3) is 0 Å². The highest BCUT2D eigenvalue weighted by Crippen LogP contribution is 2.16. The molecule has 1 amide bonds. The lowest BCUT2D eigenvalue weighted by Gasteiger charge is -2.13. The number of nitrogens with two attached hydrogens (primary N) is 1. The van der Waals surface area contributed by atoms with Crippen molar-refractivity contribution in [2.24, 2.45) is 16.6 Å². The quantitative estimate of drug-likeness (QED) is 0.533. The van der Waals surface area contributed by atoms with Gasteiger partial charge in [-0.3, -0.25) is 14.6 Å². The molecule has 1 heterocycles. The van der Waals surface area contributed by atoms with E-state index in [9.17, 15) is 9.59 Å². The zero-order valence-electron chi connectivity index (χ0n) is 10.6. The van der Waals surface area contributed by atoms with Gasteiger partial charge in [-0.05, 0) is 43.2 Å². The minimum Gasteiger partial charge on any atom is -0.354 e. The highest BCUT2D eigenvalue weighted by atomic mass is 35.5. The molecule has 1 rings (SSSR count). The van der Waals surface area contributed by atoms with Crippen LogP contribution in [0, 0.1) is 5.92 Å². The van der Waals surface area contributed by atoms with Crippen molar-refractivity contribution in [1.29, 1.82) is 0 Å². The van der Waals surface area contributed by atoms with E-state index in [1.54, 1.807) is 6.21 Å². The fourth-order valence-corrected chi connectivity index (χ4v) is 1.97. The Labute approximate surface area is 112 Å². The Balaban J connectivity index is 2.09. The van der Waals surface area contributed by atoms with E-state index in [2.05, 4.69) is 10.3 Å². The van der Waals surface area contributed by atoms with Gasteiger partial charge in [-0.15, -0.1) is 0 Å². The summed E-state index contributed by atoms with van der Waals surface area (Å²) in [5, 5.41) is 2.34. The summed E-state index contributed by atoms with van der Waals surface area (Å²) >= 11 is 5.24. The van der Waals surface area contributed by atoms with Crippen molar-refractivity contribution in [3.63, 3.8) is 0 Å². The van der Waals surface area contributed by atoms with Crippen molar-refractivity contribution in [2.45, 2.75) is 44.7 Å². The SMILES string of the molecule is C[C@@H]1CC=N[C@H]1C(=O)NCCCC[C@H](N)C(=O)Cl. The van der Waals surface area contributed by atoms with Gasteiger partial charge in [-0.1, -0.05) is 6.92 Å². The molecule has 0 saturated carbocycles. The van der Waals surface area contributed by atoms with Gasteiger partial charge in [0.15, 0.2) is 0 Å². The van der Waals surface area contributed by atoms with Crippen LogP contribution in [0.1, 0.15) is 32.6 Å². The van der Waals surface area contributed by atoms with Crippen LogP contribution >= 0.6 is 11.6 Å². The zero-order valence-corrected chi connectivity index (χ0v) is 11.3. The van der Waals surface area contributed by atoms with E-state index in [1.807, 2.05) is 6.92 Å². The Bertz CT molecular complexity index is 333. The predicted molar refractivity (Wildman–Crippen MR) is 71.8 cm³/mol. The second-order valence-electron chi connectivity index (χ2n) is 4.69. The first kappa shape index (κ1) is 15.1. The number of carbonyl (C=O) groups excluding carboxylic acids is 2. The number of carbonyl (C=O) groups is 2. The van der Waals surface area contributed by atoms with E-state index >= 15 is 0 Å². The lowest BCUT2D eigenvalue weighted by atomic mass is 10.0. The Hall–Kier alpha value is -0.940. The third kappa shape index (κ3) is 4.74. The van der Waals surface area contributed by atoms with Crippen LogP contribution in [0.15, 0.2) is 4.99 Å². The molecule has 0 fully saturated rings. The molecular formula is C12H20ClN3O2. The van der Waals surface area contributed by atoms with Gasteiger partial charge in [-0.25, -0.2) is 0 Å². The molecule has 0 radical (unpaired) electrons. The van der Waals surface area contributed by atoms with Gasteiger partial charge >= 0.3 is 0 Å². The molecule has 1 aliphatic rings. The van der Waals surface area contributed by atoms with E-state index in [1.165, 1.54) is 0 Å². The molecule has 1 aliphatic heterocycles. The summed E-state index contributed by atoms with van der Waals surface area (Å²) in [6, 6.07) is -0.835. The number of amides is 1. The Kier molecular flexibility index (Phi) is 6.29. The second kappa shape index (κ2) is 7.48. The molecule has 3 atom stereocenters. The fraction of sp³-hybridized carbons (Fsp3) is 0.750. The van der Waals surface area contributed by atoms with Crippen molar-refractivity contribution < 1.29 is 9.59 Å². The van der Waals surface area contributed by atoms with Gasteiger partial charge in [0.2, 0.25) is 11.1 Å². The highest BCUT2D eigenvalue weighted by molar-refractivity contribution is 6.64. The maximum Gasteiger partial charge on any atom is 0.245 e. The molecule has 0 aliphatic carbocycles. The summed E-state index contributed by atoms with van der Waals surface area (Å²) in [7, 11) is 0. The van der Waals surface area contributed by atoms with Crippen LogP contribution in [0.5, 0.6) is 0 Å². The van der Waals surface area contributed by atoms with Crippen LogP contribution in [-0.4, -0.2) is 36.0 Å². The first-order chi connectivity index (χ1) is 8.52. The van der Waals surface area contributed by atoms with Crippen molar-refractivity contribution in [1.82, 2.24) is 5.32 Å². The molecule has 0 bridgehead atoms. The number of aliphatic imine (C=N–C) groups is 1. The molecule has 0 spiro atoms. The van der Waals surface area contributed by atoms with Gasteiger partial charge in [0.05, 0.1) is 6.04 Å². The van der Waals surface area contributed by atoms with Crippen LogP contribution in [-0.2, 0) is 9.59 Å². The molecule has 0 aromatic rings. The third-order valence-electron chi connectivity index (χ3n) is 3.08. The van der Waals surface area contributed by atoms with Gasteiger partial charge in [0.1, 0.15) is 6.04 Å². The van der Waals surface area contributed by atoms with Crippen molar-refractivity contribution in [3.05, 3.63) is 0 Å². The van der Waals surface area contributed by atoms with Gasteiger partial charge < -0.3 is 11.1 Å². The average Bonchev–Trinajstić information content (AvgIpc) is 2.74. The van der Waals surface area contributed by atoms with E-state index in [-0.39, 0.29) is 17.9 Å². The fourth-order valence-electron chi connectivity index (χ4n) is 1.86. The monoisotopic (exact) mass is 273 g/mol. The third-order valence-corrected chi connectivity index (χ3v) is 3.36. The van der Waals surface area contributed by atoms with Crippen LogP contribution in [0.25, 0.3) is 0 Å². The van der Waals surface area contributed by atoms with Crippen molar-refractivity contribution in [3.8, 4) is 0 Å². The highest BCUT2D eigenvalue weighted by Gasteiger charge is 2.26. The Morgan fingerprint density at radius 1 is 1.56 bits per heavy atom. The molecule has 3 N–H and O–H groups in total. The number of rotatable bonds is 7. The molecule has 0 saturated heterocycles. The maximum absolute atomic E-state index is 11.7. The molecule has 5 nitrogen and oxygen atoms in total. The van der Waals surface area contributed by atoms with Crippen LogP contribution in [0.4, 0.5) is 0 Å². The maximum atomic E-state index is 11.7. The minimum atomic E-state index is -0.596. The minimum absolute atomic E-state index is 0.0195. The Morgan fingerprint density at radius 2 is 2.28 bits per heavy atom. The average molecular weight is 274 g/mol. The lowest BCUT2D eigenvalue weighted by molar-refractivity contribution is -0.123. The predicted octanol–water partition coefficient (Wildman–Crippen LogP) is 0.845.